The first-order valence-corrected chi connectivity index (χ1v) is 11.7. The maximum atomic E-state index is 13.4. The average Bonchev–Trinajstić information content (AvgIpc) is 3.38. The van der Waals surface area contributed by atoms with Crippen LogP contribution in [0.25, 0.3) is 0 Å². The minimum Gasteiger partial charge on any atom is -0.460 e. The zero-order valence-electron chi connectivity index (χ0n) is 17.3. The number of aryl methyl sites for hydroxylation is 1. The second-order valence-electron chi connectivity index (χ2n) is 7.61. The molecule has 1 aliphatic heterocycles. The number of hydrogen-bond donors (Lipinski definition) is 1. The number of ether oxygens (including phenoxy) is 2. The van der Waals surface area contributed by atoms with E-state index in [-0.39, 0.29) is 24.2 Å². The van der Waals surface area contributed by atoms with Crippen LogP contribution in [0.3, 0.4) is 0 Å². The van der Waals surface area contributed by atoms with Gasteiger partial charge in [-0.1, -0.05) is 6.07 Å². The minimum absolute atomic E-state index is 0.105. The number of allylic oxidation sites excluding steroid dienone is 3. The maximum absolute atomic E-state index is 13.4. The summed E-state index contributed by atoms with van der Waals surface area (Å²) in [6, 6.07) is 8.18. The van der Waals surface area contributed by atoms with Gasteiger partial charge in [0.05, 0.1) is 18.1 Å². The number of Topliss-reactive ketones (excluding diaryl/α,β-unsaturated/α-hetero) is 1. The van der Waals surface area contributed by atoms with Crippen molar-refractivity contribution in [3.63, 3.8) is 0 Å². The van der Waals surface area contributed by atoms with Crippen molar-refractivity contribution in [3.8, 4) is 0 Å². The van der Waals surface area contributed by atoms with Crippen LogP contribution in [0.4, 0.5) is 0 Å². The van der Waals surface area contributed by atoms with Gasteiger partial charge in [-0.15, -0.1) is 22.7 Å². The fourth-order valence-corrected chi connectivity index (χ4v) is 6.05. The van der Waals surface area contributed by atoms with Gasteiger partial charge in [-0.2, -0.15) is 0 Å². The third-order valence-electron chi connectivity index (χ3n) is 5.56. The van der Waals surface area contributed by atoms with Gasteiger partial charge in [0.25, 0.3) is 0 Å². The summed E-state index contributed by atoms with van der Waals surface area (Å²) in [6.45, 7) is 4.45. The largest absolute Gasteiger partial charge is 0.460 e. The molecular weight excluding hydrogens is 418 g/mol. The first kappa shape index (κ1) is 21.0. The predicted octanol–water partition coefficient (Wildman–Crippen LogP) is 4.67. The molecule has 0 fully saturated rings. The molecule has 30 heavy (non-hydrogen) atoms. The number of hydrogen-bond acceptors (Lipinski definition) is 7. The van der Waals surface area contributed by atoms with Crippen molar-refractivity contribution in [2.24, 2.45) is 0 Å². The summed E-state index contributed by atoms with van der Waals surface area (Å²) in [5.74, 6) is -0.495. The summed E-state index contributed by atoms with van der Waals surface area (Å²) in [7, 11) is 1.57. The lowest BCUT2D eigenvalue weighted by molar-refractivity contribution is -0.140. The molecule has 0 aromatic carbocycles. The Bertz CT molecular complexity index is 1020. The second kappa shape index (κ2) is 8.88. The van der Waals surface area contributed by atoms with E-state index in [1.165, 1.54) is 4.88 Å². The van der Waals surface area contributed by atoms with Crippen LogP contribution in [0.2, 0.25) is 0 Å². The Morgan fingerprint density at radius 2 is 2.00 bits per heavy atom. The molecule has 1 aliphatic carbocycles. The quantitative estimate of drug-likeness (QED) is 0.519. The van der Waals surface area contributed by atoms with Gasteiger partial charge < -0.3 is 14.8 Å². The van der Waals surface area contributed by atoms with Crippen molar-refractivity contribution in [1.29, 1.82) is 0 Å². The van der Waals surface area contributed by atoms with Crippen molar-refractivity contribution in [3.05, 3.63) is 66.8 Å². The molecule has 0 radical (unpaired) electrons. The maximum Gasteiger partial charge on any atom is 0.336 e. The van der Waals surface area contributed by atoms with Crippen molar-refractivity contribution in [2.75, 3.05) is 20.3 Å². The number of esters is 1. The predicted molar refractivity (Wildman–Crippen MR) is 119 cm³/mol. The minimum atomic E-state index is -0.396. The lowest BCUT2D eigenvalue weighted by Gasteiger charge is -2.35. The molecule has 4 rings (SSSR count). The fraction of sp³-hybridized carbons (Fsp3) is 0.391. The molecule has 7 heteroatoms. The number of methoxy groups -OCH3 is 1. The van der Waals surface area contributed by atoms with E-state index >= 15 is 0 Å². The molecule has 2 aliphatic rings. The van der Waals surface area contributed by atoms with Crippen LogP contribution in [0.1, 0.15) is 46.2 Å². The van der Waals surface area contributed by atoms with E-state index in [0.29, 0.717) is 24.2 Å². The molecule has 0 saturated heterocycles. The Kier molecular flexibility index (Phi) is 6.22. The zero-order chi connectivity index (χ0) is 21.3. The number of thiophene rings is 2. The summed E-state index contributed by atoms with van der Waals surface area (Å²) in [6.07, 6.45) is 1.23. The molecular formula is C23H25NO4S2. The van der Waals surface area contributed by atoms with Crippen LogP contribution in [0.15, 0.2) is 52.2 Å². The Morgan fingerprint density at radius 3 is 2.67 bits per heavy atom. The van der Waals surface area contributed by atoms with Gasteiger partial charge in [0.15, 0.2) is 5.78 Å². The highest BCUT2D eigenvalue weighted by Gasteiger charge is 2.42. The summed E-state index contributed by atoms with van der Waals surface area (Å²) in [4.78, 5) is 29.8. The lowest BCUT2D eigenvalue weighted by atomic mass is 9.74. The molecule has 2 atom stereocenters. The Balaban J connectivity index is 1.73. The normalized spacial score (nSPS) is 21.5. The number of nitrogens with one attached hydrogen (secondary N) is 1. The molecule has 2 aromatic rings. The molecule has 0 amide bonds. The highest BCUT2D eigenvalue weighted by molar-refractivity contribution is 7.12. The highest BCUT2D eigenvalue weighted by atomic mass is 32.1. The van der Waals surface area contributed by atoms with Crippen molar-refractivity contribution < 1.29 is 19.1 Å². The Morgan fingerprint density at radius 1 is 1.17 bits per heavy atom. The summed E-state index contributed by atoms with van der Waals surface area (Å²) >= 11 is 3.31. The molecule has 0 unspecified atom stereocenters. The first-order valence-electron chi connectivity index (χ1n) is 9.99. The molecule has 1 N–H and O–H groups in total. The third-order valence-corrected chi connectivity index (χ3v) is 7.66. The molecule has 158 valence electrons. The highest BCUT2D eigenvalue weighted by Crippen LogP contribution is 2.47. The smallest absolute Gasteiger partial charge is 0.336 e. The van der Waals surface area contributed by atoms with Gasteiger partial charge in [0, 0.05) is 51.0 Å². The van der Waals surface area contributed by atoms with E-state index in [2.05, 4.69) is 16.8 Å². The third kappa shape index (κ3) is 4.02. The van der Waals surface area contributed by atoms with Crippen molar-refractivity contribution in [2.45, 2.75) is 38.5 Å². The molecule has 2 aromatic heterocycles. The topological polar surface area (TPSA) is 64.6 Å². The number of carbonyl (C=O) groups is 2. The van der Waals surface area contributed by atoms with Crippen LogP contribution in [0, 0.1) is 6.92 Å². The monoisotopic (exact) mass is 443 g/mol. The molecule has 5 nitrogen and oxygen atoms in total. The number of carbonyl (C=O) groups excluding carboxylic acids is 2. The SMILES string of the molecule is COCCOC(=O)C1=C(C)NC2=C(C(=O)C[C@H](c3cccs3)C2)[C@@H]1c1ccc(C)s1. The zero-order valence-corrected chi connectivity index (χ0v) is 19.0. The number of rotatable bonds is 6. The van der Waals surface area contributed by atoms with E-state index in [0.717, 1.165) is 27.6 Å². The summed E-state index contributed by atoms with van der Waals surface area (Å²) in [5, 5.41) is 5.43. The van der Waals surface area contributed by atoms with E-state index in [1.54, 1.807) is 29.8 Å². The van der Waals surface area contributed by atoms with E-state index < -0.39 is 5.97 Å². The second-order valence-corrected chi connectivity index (χ2v) is 9.91. The van der Waals surface area contributed by atoms with Crippen LogP contribution in [-0.2, 0) is 19.1 Å². The van der Waals surface area contributed by atoms with Crippen molar-refractivity contribution in [1.82, 2.24) is 5.32 Å². The number of ketones is 1. The first-order chi connectivity index (χ1) is 14.5. The standard InChI is InChI=1S/C23H25NO4S2/c1-13-6-7-19(30-13)22-20(23(26)28-9-8-27-3)14(2)24-16-11-15(12-17(25)21(16)22)18-5-4-10-29-18/h4-7,10,15,22,24H,8-9,11-12H2,1-3H3/t15-,22-/m1/s1. The van der Waals surface area contributed by atoms with Gasteiger partial charge in [-0.3, -0.25) is 4.79 Å². The van der Waals surface area contributed by atoms with Crippen LogP contribution < -0.4 is 5.32 Å². The Hall–Kier alpha value is -2.22. The molecule has 3 heterocycles. The van der Waals surface area contributed by atoms with Gasteiger partial charge >= 0.3 is 5.97 Å². The molecule has 0 saturated carbocycles. The van der Waals surface area contributed by atoms with Crippen molar-refractivity contribution >= 4 is 34.4 Å². The van der Waals surface area contributed by atoms with Gasteiger partial charge in [0.2, 0.25) is 0 Å². The van der Waals surface area contributed by atoms with Gasteiger partial charge in [-0.25, -0.2) is 4.79 Å². The van der Waals surface area contributed by atoms with Crippen LogP contribution in [-0.4, -0.2) is 32.1 Å². The van der Waals surface area contributed by atoms with E-state index in [4.69, 9.17) is 9.47 Å². The van der Waals surface area contributed by atoms with Gasteiger partial charge in [0.1, 0.15) is 6.61 Å². The fourth-order valence-electron chi connectivity index (χ4n) is 4.22. The van der Waals surface area contributed by atoms with E-state index in [9.17, 15) is 9.59 Å². The van der Waals surface area contributed by atoms with Crippen LogP contribution in [0.5, 0.6) is 0 Å². The average molecular weight is 444 g/mol. The summed E-state index contributed by atoms with van der Waals surface area (Å²) in [5.41, 5.74) is 2.93. The Labute approximate surface area is 184 Å². The summed E-state index contributed by atoms with van der Waals surface area (Å²) < 4.78 is 10.5. The van der Waals surface area contributed by atoms with E-state index in [1.807, 2.05) is 32.0 Å². The molecule has 0 bridgehead atoms. The van der Waals surface area contributed by atoms with Crippen LogP contribution >= 0.6 is 22.7 Å². The van der Waals surface area contributed by atoms with Gasteiger partial charge in [-0.05, 0) is 43.8 Å². The number of dihydropyridines is 1. The lowest BCUT2D eigenvalue weighted by Crippen LogP contribution is -2.36. The molecule has 0 spiro atoms.